The number of fused-ring (bicyclic) bond motifs is 1. The van der Waals surface area contributed by atoms with Crippen LogP contribution in [0.3, 0.4) is 0 Å². The van der Waals surface area contributed by atoms with E-state index in [1.54, 1.807) is 6.07 Å². The van der Waals surface area contributed by atoms with Crippen molar-refractivity contribution in [3.05, 3.63) is 53.6 Å². The molecule has 2 aromatic carbocycles. The van der Waals surface area contributed by atoms with Crippen LogP contribution in [0.5, 0.6) is 5.75 Å². The van der Waals surface area contributed by atoms with E-state index in [0.717, 1.165) is 30.5 Å². The molecule has 0 amide bonds. The SMILES string of the molecule is NC[C@H]1CCc2cccc(-c3cc(F)ccc3F)c2O1. The quantitative estimate of drug-likeness (QED) is 0.912. The number of hydrogen-bond acceptors (Lipinski definition) is 2. The second kappa shape index (κ2) is 5.21. The lowest BCUT2D eigenvalue weighted by atomic mass is 9.95. The predicted octanol–water partition coefficient (Wildman–Crippen LogP) is 3.28. The van der Waals surface area contributed by atoms with Gasteiger partial charge in [-0.3, -0.25) is 0 Å². The average molecular weight is 275 g/mol. The molecule has 0 aliphatic carbocycles. The summed E-state index contributed by atoms with van der Waals surface area (Å²) in [6.45, 7) is 0.416. The molecule has 104 valence electrons. The van der Waals surface area contributed by atoms with Crippen LogP contribution in [-0.2, 0) is 6.42 Å². The molecule has 0 aromatic heterocycles. The first-order valence-corrected chi connectivity index (χ1v) is 6.63. The zero-order valence-corrected chi connectivity index (χ0v) is 10.9. The summed E-state index contributed by atoms with van der Waals surface area (Å²) in [6, 6.07) is 8.97. The van der Waals surface area contributed by atoms with Crippen molar-refractivity contribution in [1.29, 1.82) is 0 Å². The summed E-state index contributed by atoms with van der Waals surface area (Å²) in [5.41, 5.74) is 7.46. The Morgan fingerprint density at radius 3 is 2.80 bits per heavy atom. The molecule has 0 spiro atoms. The minimum absolute atomic E-state index is 0.0692. The molecule has 1 aliphatic rings. The van der Waals surface area contributed by atoms with Gasteiger partial charge in [-0.05, 0) is 36.6 Å². The van der Waals surface area contributed by atoms with Crippen LogP contribution >= 0.6 is 0 Å². The van der Waals surface area contributed by atoms with Crippen LogP contribution in [0, 0.1) is 11.6 Å². The Labute approximate surface area is 116 Å². The fraction of sp³-hybridized carbons (Fsp3) is 0.250. The number of halogens is 2. The van der Waals surface area contributed by atoms with Crippen LogP contribution in [0.15, 0.2) is 36.4 Å². The fourth-order valence-corrected chi connectivity index (χ4v) is 2.54. The normalized spacial score (nSPS) is 17.4. The maximum absolute atomic E-state index is 14.0. The van der Waals surface area contributed by atoms with Gasteiger partial charge in [-0.1, -0.05) is 18.2 Å². The smallest absolute Gasteiger partial charge is 0.131 e. The van der Waals surface area contributed by atoms with Crippen LogP contribution in [0.25, 0.3) is 11.1 Å². The zero-order valence-electron chi connectivity index (χ0n) is 10.9. The van der Waals surface area contributed by atoms with Gasteiger partial charge in [0, 0.05) is 17.7 Å². The van der Waals surface area contributed by atoms with Crippen molar-refractivity contribution in [3.63, 3.8) is 0 Å². The Bertz CT molecular complexity index is 642. The van der Waals surface area contributed by atoms with E-state index in [-0.39, 0.29) is 11.7 Å². The minimum Gasteiger partial charge on any atom is -0.488 e. The van der Waals surface area contributed by atoms with E-state index in [2.05, 4.69) is 0 Å². The van der Waals surface area contributed by atoms with Crippen LogP contribution < -0.4 is 10.5 Å². The predicted molar refractivity (Wildman–Crippen MR) is 73.6 cm³/mol. The number of benzene rings is 2. The first kappa shape index (κ1) is 13.1. The third kappa shape index (κ3) is 2.27. The molecule has 4 heteroatoms. The van der Waals surface area contributed by atoms with Gasteiger partial charge in [0.1, 0.15) is 23.5 Å². The van der Waals surface area contributed by atoms with Crippen molar-refractivity contribution in [1.82, 2.24) is 0 Å². The second-order valence-electron chi connectivity index (χ2n) is 4.93. The van der Waals surface area contributed by atoms with Gasteiger partial charge < -0.3 is 10.5 Å². The van der Waals surface area contributed by atoms with E-state index >= 15 is 0 Å². The van der Waals surface area contributed by atoms with Gasteiger partial charge in [-0.25, -0.2) is 8.78 Å². The van der Waals surface area contributed by atoms with Crippen LogP contribution in [0.4, 0.5) is 8.78 Å². The number of nitrogens with two attached hydrogens (primary N) is 1. The highest BCUT2D eigenvalue weighted by molar-refractivity contribution is 5.73. The first-order valence-electron chi connectivity index (χ1n) is 6.63. The van der Waals surface area contributed by atoms with E-state index in [4.69, 9.17) is 10.5 Å². The third-order valence-corrected chi connectivity index (χ3v) is 3.60. The largest absolute Gasteiger partial charge is 0.488 e. The monoisotopic (exact) mass is 275 g/mol. The van der Waals surface area contributed by atoms with E-state index in [9.17, 15) is 8.78 Å². The minimum atomic E-state index is -0.467. The number of hydrogen-bond donors (Lipinski definition) is 1. The lowest BCUT2D eigenvalue weighted by Crippen LogP contribution is -2.30. The van der Waals surface area contributed by atoms with Gasteiger partial charge in [0.2, 0.25) is 0 Å². The highest BCUT2D eigenvalue weighted by Gasteiger charge is 2.23. The first-order chi connectivity index (χ1) is 9.69. The Morgan fingerprint density at radius 1 is 1.15 bits per heavy atom. The molecule has 2 N–H and O–H groups in total. The Morgan fingerprint density at radius 2 is 2.00 bits per heavy atom. The highest BCUT2D eigenvalue weighted by Crippen LogP contribution is 2.38. The second-order valence-corrected chi connectivity index (χ2v) is 4.93. The van der Waals surface area contributed by atoms with Crippen molar-refractivity contribution in [2.75, 3.05) is 6.54 Å². The maximum Gasteiger partial charge on any atom is 0.131 e. The molecular formula is C16H15F2NO. The molecule has 1 heterocycles. The molecule has 0 fully saturated rings. The summed E-state index contributed by atoms with van der Waals surface area (Å²) < 4.78 is 33.2. The summed E-state index contributed by atoms with van der Waals surface area (Å²) in [4.78, 5) is 0. The lowest BCUT2D eigenvalue weighted by Gasteiger charge is -2.27. The number of rotatable bonds is 2. The van der Waals surface area contributed by atoms with E-state index in [1.165, 1.54) is 6.07 Å². The molecule has 0 radical (unpaired) electrons. The van der Waals surface area contributed by atoms with Crippen molar-refractivity contribution in [2.24, 2.45) is 5.73 Å². The van der Waals surface area contributed by atoms with Gasteiger partial charge in [0.05, 0.1) is 0 Å². The van der Waals surface area contributed by atoms with E-state index < -0.39 is 11.6 Å². The summed E-state index contributed by atoms with van der Waals surface area (Å²) in [6.07, 6.45) is 1.61. The highest BCUT2D eigenvalue weighted by atomic mass is 19.1. The van der Waals surface area contributed by atoms with Crippen molar-refractivity contribution < 1.29 is 13.5 Å². The average Bonchev–Trinajstić information content (AvgIpc) is 2.48. The summed E-state index contributed by atoms with van der Waals surface area (Å²) in [5.74, 6) is -0.304. The molecule has 0 saturated heterocycles. The molecule has 0 saturated carbocycles. The van der Waals surface area contributed by atoms with Crippen molar-refractivity contribution >= 4 is 0 Å². The molecular weight excluding hydrogens is 260 g/mol. The van der Waals surface area contributed by atoms with Crippen LogP contribution in [0.2, 0.25) is 0 Å². The Balaban J connectivity index is 2.13. The molecule has 0 unspecified atom stereocenters. The summed E-state index contributed by atoms with van der Waals surface area (Å²) >= 11 is 0. The van der Waals surface area contributed by atoms with Gasteiger partial charge in [-0.2, -0.15) is 0 Å². The third-order valence-electron chi connectivity index (χ3n) is 3.60. The summed E-state index contributed by atoms with van der Waals surface area (Å²) in [7, 11) is 0. The van der Waals surface area contributed by atoms with Gasteiger partial charge in [-0.15, -0.1) is 0 Å². The molecule has 20 heavy (non-hydrogen) atoms. The topological polar surface area (TPSA) is 35.2 Å². The van der Waals surface area contributed by atoms with E-state index in [0.29, 0.717) is 17.9 Å². The summed E-state index contributed by atoms with van der Waals surface area (Å²) in [5, 5.41) is 0. The molecule has 1 aliphatic heterocycles. The molecule has 2 nitrogen and oxygen atoms in total. The van der Waals surface area contributed by atoms with Crippen molar-refractivity contribution in [2.45, 2.75) is 18.9 Å². The van der Waals surface area contributed by atoms with Gasteiger partial charge >= 0.3 is 0 Å². The molecule has 1 atom stereocenters. The standard InChI is InChI=1S/C16H15F2NO/c17-11-5-7-15(18)14(8-11)13-3-1-2-10-4-6-12(9-19)20-16(10)13/h1-3,5,7-8,12H,4,6,9,19H2/t12-/m1/s1. The number of para-hydroxylation sites is 1. The fourth-order valence-electron chi connectivity index (χ4n) is 2.54. The van der Waals surface area contributed by atoms with E-state index in [1.807, 2.05) is 12.1 Å². The zero-order chi connectivity index (χ0) is 14.1. The van der Waals surface area contributed by atoms with Crippen molar-refractivity contribution in [3.8, 4) is 16.9 Å². The molecule has 3 rings (SSSR count). The number of ether oxygens (including phenoxy) is 1. The molecule has 2 aromatic rings. The molecule has 0 bridgehead atoms. The lowest BCUT2D eigenvalue weighted by molar-refractivity contribution is 0.182. The van der Waals surface area contributed by atoms with Gasteiger partial charge in [0.25, 0.3) is 0 Å². The van der Waals surface area contributed by atoms with Gasteiger partial charge in [0.15, 0.2) is 0 Å². The van der Waals surface area contributed by atoms with Crippen LogP contribution in [-0.4, -0.2) is 12.6 Å². The maximum atomic E-state index is 14.0. The van der Waals surface area contributed by atoms with Crippen LogP contribution in [0.1, 0.15) is 12.0 Å². The Kier molecular flexibility index (Phi) is 3.40. The Hall–Kier alpha value is -1.94. The number of aryl methyl sites for hydroxylation is 1.